The number of hydrogen-bond donors (Lipinski definition) is 3. The first kappa shape index (κ1) is 37.4. The third kappa shape index (κ3) is 8.13. The lowest BCUT2D eigenvalue weighted by Crippen LogP contribution is -2.59. The van der Waals surface area contributed by atoms with E-state index in [4.69, 9.17) is 14.2 Å². The number of fused-ring (bicyclic) bond motifs is 1. The fourth-order valence-corrected chi connectivity index (χ4v) is 8.73. The van der Waals surface area contributed by atoms with Crippen LogP contribution in [0.25, 0.3) is 10.8 Å². The van der Waals surface area contributed by atoms with Crippen LogP contribution in [-0.4, -0.2) is 90.3 Å². The van der Waals surface area contributed by atoms with E-state index in [0.717, 1.165) is 24.6 Å². The summed E-state index contributed by atoms with van der Waals surface area (Å²) >= 11 is 0. The van der Waals surface area contributed by atoms with Crippen LogP contribution in [0.15, 0.2) is 43.1 Å². The van der Waals surface area contributed by atoms with E-state index in [-0.39, 0.29) is 25.3 Å². The molecule has 3 N–H and O–H groups in total. The quantitative estimate of drug-likeness (QED) is 0.271. The molecular formula is C37H49N5O9S. The van der Waals surface area contributed by atoms with Crippen LogP contribution in [-0.2, 0) is 29.1 Å². The summed E-state index contributed by atoms with van der Waals surface area (Å²) in [6.07, 6.45) is 7.03. The topological polar surface area (TPSA) is 182 Å². The smallest absolute Gasteiger partial charge is 0.408 e. The van der Waals surface area contributed by atoms with Gasteiger partial charge in [0.25, 0.3) is 5.91 Å². The zero-order valence-electron chi connectivity index (χ0n) is 30.2. The molecule has 1 aromatic carbocycles. The number of pyridine rings is 1. The lowest BCUT2D eigenvalue weighted by molar-refractivity contribution is -0.142. The molecule has 1 saturated heterocycles. The summed E-state index contributed by atoms with van der Waals surface area (Å²) < 4.78 is 44.9. The Kier molecular flexibility index (Phi) is 10.5. The molecule has 282 valence electrons. The number of methoxy groups -OCH3 is 1. The zero-order chi connectivity index (χ0) is 37.4. The van der Waals surface area contributed by atoms with Gasteiger partial charge in [0.1, 0.15) is 35.1 Å². The van der Waals surface area contributed by atoms with Crippen molar-refractivity contribution < 1.29 is 41.8 Å². The Hall–Kier alpha value is -4.40. The van der Waals surface area contributed by atoms with E-state index in [1.54, 1.807) is 40.1 Å². The Bertz CT molecular complexity index is 1840. The van der Waals surface area contributed by atoms with Crippen LogP contribution in [0.3, 0.4) is 0 Å². The lowest BCUT2D eigenvalue weighted by atomic mass is 9.83. The number of carbonyl (C=O) groups excluding carboxylic acids is 4. The molecule has 1 aliphatic heterocycles. The number of ether oxygens (including phenoxy) is 3. The van der Waals surface area contributed by atoms with Gasteiger partial charge >= 0.3 is 6.09 Å². The fourth-order valence-electron chi connectivity index (χ4n) is 7.36. The number of alkyl carbamates (subject to hydrolysis) is 1. The number of aromatic nitrogens is 1. The highest BCUT2D eigenvalue weighted by Gasteiger charge is 2.62. The molecule has 5 atom stereocenters. The van der Waals surface area contributed by atoms with Crippen molar-refractivity contribution in [3.05, 3.63) is 43.1 Å². The predicted octanol–water partition coefficient (Wildman–Crippen LogP) is 3.73. The number of carbonyl (C=O) groups is 4. The second-order valence-electron chi connectivity index (χ2n) is 15.4. The normalized spacial score (nSPS) is 25.5. The van der Waals surface area contributed by atoms with Gasteiger partial charge in [-0.1, -0.05) is 25.3 Å². The molecule has 2 heterocycles. The van der Waals surface area contributed by atoms with Crippen molar-refractivity contribution in [2.75, 3.05) is 13.7 Å². The predicted molar refractivity (Wildman–Crippen MR) is 192 cm³/mol. The van der Waals surface area contributed by atoms with Gasteiger partial charge in [-0.25, -0.2) is 18.2 Å². The number of likely N-dealkylation sites (tertiary alicyclic amines) is 1. The van der Waals surface area contributed by atoms with Crippen molar-refractivity contribution in [1.29, 1.82) is 0 Å². The minimum Gasteiger partial charge on any atom is -0.497 e. The average molecular weight is 740 g/mol. The largest absolute Gasteiger partial charge is 0.497 e. The zero-order valence-corrected chi connectivity index (χ0v) is 31.0. The number of nitrogens with one attached hydrogen (secondary N) is 3. The average Bonchev–Trinajstić information content (AvgIpc) is 4.03. The summed E-state index contributed by atoms with van der Waals surface area (Å²) in [5.41, 5.74) is -2.34. The molecule has 2 aromatic rings. The number of benzene rings is 1. The first-order valence-corrected chi connectivity index (χ1v) is 19.6. The van der Waals surface area contributed by atoms with E-state index < -0.39 is 74.3 Å². The van der Waals surface area contributed by atoms with Crippen LogP contribution in [0, 0.1) is 11.8 Å². The molecule has 1 aromatic heterocycles. The maximum absolute atomic E-state index is 14.7. The lowest BCUT2D eigenvalue weighted by Gasteiger charge is -2.35. The van der Waals surface area contributed by atoms with Crippen LogP contribution in [0.2, 0.25) is 0 Å². The monoisotopic (exact) mass is 739 g/mol. The molecular weight excluding hydrogens is 691 g/mol. The van der Waals surface area contributed by atoms with Crippen LogP contribution < -0.4 is 24.8 Å². The molecule has 3 aliphatic carbocycles. The highest BCUT2D eigenvalue weighted by Crippen LogP contribution is 2.45. The van der Waals surface area contributed by atoms with Crippen molar-refractivity contribution in [2.45, 2.75) is 113 Å². The molecule has 0 bridgehead atoms. The Morgan fingerprint density at radius 1 is 1.08 bits per heavy atom. The molecule has 0 radical (unpaired) electrons. The molecule has 14 nitrogen and oxygen atoms in total. The number of rotatable bonds is 12. The van der Waals surface area contributed by atoms with Gasteiger partial charge in [-0.05, 0) is 88.4 Å². The molecule has 15 heteroatoms. The number of sulfonamides is 1. The van der Waals surface area contributed by atoms with E-state index in [0.29, 0.717) is 42.7 Å². The van der Waals surface area contributed by atoms with Gasteiger partial charge in [0, 0.05) is 23.9 Å². The second-order valence-corrected chi connectivity index (χ2v) is 17.4. The van der Waals surface area contributed by atoms with Crippen LogP contribution in [0.4, 0.5) is 4.79 Å². The van der Waals surface area contributed by atoms with E-state index in [1.165, 1.54) is 11.0 Å². The molecule has 4 aliphatic rings. The van der Waals surface area contributed by atoms with Crippen LogP contribution >= 0.6 is 0 Å². The first-order chi connectivity index (χ1) is 24.6. The van der Waals surface area contributed by atoms with Crippen molar-refractivity contribution in [2.24, 2.45) is 11.8 Å². The maximum Gasteiger partial charge on any atom is 0.408 e. The highest BCUT2D eigenvalue weighted by molar-refractivity contribution is 7.91. The van der Waals surface area contributed by atoms with Crippen molar-refractivity contribution >= 4 is 44.6 Å². The minimum atomic E-state index is -3.89. The van der Waals surface area contributed by atoms with Crippen molar-refractivity contribution in [3.8, 4) is 11.6 Å². The Morgan fingerprint density at radius 3 is 2.44 bits per heavy atom. The molecule has 0 unspecified atom stereocenters. The van der Waals surface area contributed by atoms with E-state index >= 15 is 0 Å². The van der Waals surface area contributed by atoms with Crippen molar-refractivity contribution in [1.82, 2.24) is 25.2 Å². The van der Waals surface area contributed by atoms with Gasteiger partial charge in [-0.15, -0.1) is 6.58 Å². The number of amides is 4. The summed E-state index contributed by atoms with van der Waals surface area (Å²) in [5, 5.41) is 6.53. The molecule has 4 amide bonds. The Labute approximate surface area is 304 Å². The third-order valence-corrected chi connectivity index (χ3v) is 12.2. The summed E-state index contributed by atoms with van der Waals surface area (Å²) in [6, 6.07) is 5.19. The summed E-state index contributed by atoms with van der Waals surface area (Å²) in [7, 11) is -2.32. The summed E-state index contributed by atoms with van der Waals surface area (Å²) in [5.74, 6) is -1.67. The first-order valence-electron chi connectivity index (χ1n) is 18.0. The SMILES string of the molecule is C=C[C@H]1C[C@@]1(NC(=O)[C@H]1C[C@@H](Oc2nccc3cc(OC)ccc23)CN1C(=O)[C@@H](NC(=O)OC(C)(C)C)C1CCCCC1)C(=O)NS(=O)(=O)C1CC1. The minimum absolute atomic E-state index is 0.00942. The van der Waals surface area contributed by atoms with Gasteiger partial charge < -0.3 is 29.7 Å². The van der Waals surface area contributed by atoms with Gasteiger partial charge in [0.2, 0.25) is 27.7 Å². The number of hydrogen-bond acceptors (Lipinski definition) is 10. The van der Waals surface area contributed by atoms with Gasteiger partial charge in [0.15, 0.2) is 0 Å². The molecule has 52 heavy (non-hydrogen) atoms. The molecule has 3 saturated carbocycles. The fraction of sp³-hybridized carbons (Fsp3) is 0.595. The molecule has 0 spiro atoms. The number of nitrogens with zero attached hydrogens (tertiary/aromatic N) is 2. The Morgan fingerprint density at radius 2 is 1.81 bits per heavy atom. The van der Waals surface area contributed by atoms with Crippen molar-refractivity contribution in [3.63, 3.8) is 0 Å². The summed E-state index contributed by atoms with van der Waals surface area (Å²) in [4.78, 5) is 61.4. The Balaban J connectivity index is 1.29. The van der Waals surface area contributed by atoms with E-state index in [9.17, 15) is 27.6 Å². The molecule has 4 fully saturated rings. The maximum atomic E-state index is 14.7. The van der Waals surface area contributed by atoms with Crippen LogP contribution in [0.1, 0.15) is 78.6 Å². The standard InChI is InChI=1S/C37H49N5O9S/c1-6-24-20-37(24,34(45)41-52(47,48)27-13-14-27)40-31(43)29-19-26(50-32-28-15-12-25(49-5)18-23(28)16-17-38-32)21-42(29)33(44)30(22-10-8-7-9-11-22)39-35(46)51-36(2,3)4/h6,12,15-18,22,24,26-27,29-30H,1,7-11,13-14,19-21H2,2-5H3,(H,39,46)(H,40,43)(H,41,45)/t24-,26+,29+,30-,37-/m0/s1. The van der Waals surface area contributed by atoms with Gasteiger partial charge in [0.05, 0.1) is 18.9 Å². The second kappa shape index (κ2) is 14.6. The van der Waals surface area contributed by atoms with E-state index in [2.05, 4.69) is 26.9 Å². The van der Waals surface area contributed by atoms with Crippen LogP contribution in [0.5, 0.6) is 11.6 Å². The summed E-state index contributed by atoms with van der Waals surface area (Å²) in [6.45, 7) is 8.98. The van der Waals surface area contributed by atoms with Gasteiger partial charge in [-0.2, -0.15) is 0 Å². The van der Waals surface area contributed by atoms with Gasteiger partial charge in [-0.3, -0.25) is 19.1 Å². The molecule has 6 rings (SSSR count). The third-order valence-electron chi connectivity index (χ3n) is 10.4. The van der Waals surface area contributed by atoms with E-state index in [1.807, 2.05) is 18.2 Å². The highest BCUT2D eigenvalue weighted by atomic mass is 32.2.